The van der Waals surface area contributed by atoms with Crippen molar-refractivity contribution in [3.63, 3.8) is 0 Å². The molecule has 6 heteroatoms. The van der Waals surface area contributed by atoms with Gasteiger partial charge in [-0.15, -0.1) is 24.2 Å². The molecular weight excluding hydrogens is 296 g/mol. The molecule has 1 aliphatic carbocycles. The molecule has 2 atom stereocenters. The molecule has 1 fully saturated rings. The lowest BCUT2D eigenvalue weighted by Crippen LogP contribution is -2.35. The number of ether oxygens (including phenoxy) is 1. The number of benzene rings is 1. The molecular formula is C14H21ClN2O2S. The van der Waals surface area contributed by atoms with Gasteiger partial charge in [0.15, 0.2) is 0 Å². The average molecular weight is 317 g/mol. The van der Waals surface area contributed by atoms with Gasteiger partial charge in [-0.05, 0) is 37.5 Å². The minimum Gasteiger partial charge on any atom is -0.497 e. The van der Waals surface area contributed by atoms with Crippen LogP contribution >= 0.6 is 24.2 Å². The second-order valence-corrected chi connectivity index (χ2v) is 5.85. The number of rotatable bonds is 5. The molecule has 1 aliphatic rings. The maximum atomic E-state index is 11.8. The number of carbonyl (C=O) groups is 1. The molecule has 0 radical (unpaired) electrons. The lowest BCUT2D eigenvalue weighted by molar-refractivity contribution is -0.119. The first kappa shape index (κ1) is 17.1. The number of methoxy groups -OCH3 is 1. The minimum absolute atomic E-state index is 0. The number of thioether (sulfide) groups is 1. The third-order valence-electron chi connectivity index (χ3n) is 3.25. The monoisotopic (exact) mass is 316 g/mol. The molecule has 1 aromatic rings. The summed E-state index contributed by atoms with van der Waals surface area (Å²) < 4.78 is 5.15. The zero-order valence-corrected chi connectivity index (χ0v) is 13.1. The number of amides is 1. The Morgan fingerprint density at radius 1 is 1.50 bits per heavy atom. The first-order valence-corrected chi connectivity index (χ1v) is 7.47. The number of hydrogen-bond donors (Lipinski definition) is 2. The standard InChI is InChI=1S/C14H20N2O2S.ClH/c1-18-12-3-2-4-13(8-12)19-9-14(17)16-11-6-5-10(15)7-11;/h2-4,8,10-11H,5-7,9,15H2,1H3,(H,16,17);1H/t10-,11-;/m1./s1. The summed E-state index contributed by atoms with van der Waals surface area (Å²) in [5, 5.41) is 3.04. The predicted octanol–water partition coefficient (Wildman–Crippen LogP) is 2.21. The predicted molar refractivity (Wildman–Crippen MR) is 84.7 cm³/mol. The highest BCUT2D eigenvalue weighted by atomic mass is 35.5. The Balaban J connectivity index is 0.00000200. The van der Waals surface area contributed by atoms with E-state index in [0.717, 1.165) is 29.9 Å². The Morgan fingerprint density at radius 2 is 2.30 bits per heavy atom. The van der Waals surface area contributed by atoms with E-state index in [4.69, 9.17) is 10.5 Å². The fourth-order valence-corrected chi connectivity index (χ4v) is 3.01. The van der Waals surface area contributed by atoms with Gasteiger partial charge in [0.05, 0.1) is 12.9 Å². The molecule has 0 aromatic heterocycles. The van der Waals surface area contributed by atoms with Gasteiger partial charge in [0.1, 0.15) is 5.75 Å². The Bertz CT molecular complexity index is 445. The molecule has 1 aromatic carbocycles. The van der Waals surface area contributed by atoms with Crippen LogP contribution in [0.15, 0.2) is 29.2 Å². The summed E-state index contributed by atoms with van der Waals surface area (Å²) in [5.41, 5.74) is 5.83. The highest BCUT2D eigenvalue weighted by Crippen LogP contribution is 2.23. The van der Waals surface area contributed by atoms with Gasteiger partial charge >= 0.3 is 0 Å². The largest absolute Gasteiger partial charge is 0.497 e. The van der Waals surface area contributed by atoms with E-state index < -0.39 is 0 Å². The zero-order valence-electron chi connectivity index (χ0n) is 11.5. The quantitative estimate of drug-likeness (QED) is 0.817. The van der Waals surface area contributed by atoms with Gasteiger partial charge in [-0.2, -0.15) is 0 Å². The third kappa shape index (κ3) is 5.23. The van der Waals surface area contributed by atoms with Gasteiger partial charge < -0.3 is 15.8 Å². The van der Waals surface area contributed by atoms with Gasteiger partial charge in [-0.3, -0.25) is 4.79 Å². The van der Waals surface area contributed by atoms with Crippen molar-refractivity contribution >= 4 is 30.1 Å². The molecule has 1 amide bonds. The van der Waals surface area contributed by atoms with Gasteiger partial charge in [0.2, 0.25) is 5.91 Å². The van der Waals surface area contributed by atoms with Crippen molar-refractivity contribution < 1.29 is 9.53 Å². The van der Waals surface area contributed by atoms with Crippen LogP contribution in [0.4, 0.5) is 0 Å². The minimum atomic E-state index is 0. The maximum absolute atomic E-state index is 11.8. The fourth-order valence-electron chi connectivity index (χ4n) is 2.26. The van der Waals surface area contributed by atoms with Crippen molar-refractivity contribution in [3.8, 4) is 5.75 Å². The van der Waals surface area contributed by atoms with Crippen LogP contribution in [0.2, 0.25) is 0 Å². The Labute approximate surface area is 130 Å². The van der Waals surface area contributed by atoms with Crippen molar-refractivity contribution in [1.29, 1.82) is 0 Å². The first-order chi connectivity index (χ1) is 9.17. The summed E-state index contributed by atoms with van der Waals surface area (Å²) in [6.45, 7) is 0. The third-order valence-corrected chi connectivity index (χ3v) is 4.24. The molecule has 0 heterocycles. The van der Waals surface area contributed by atoms with Crippen LogP contribution in [0.25, 0.3) is 0 Å². The Kier molecular flexibility index (Phi) is 7.19. The van der Waals surface area contributed by atoms with Gasteiger partial charge in [-0.1, -0.05) is 6.07 Å². The van der Waals surface area contributed by atoms with Crippen LogP contribution in [-0.2, 0) is 4.79 Å². The lowest BCUT2D eigenvalue weighted by Gasteiger charge is -2.12. The molecule has 1 saturated carbocycles. The van der Waals surface area contributed by atoms with Crippen molar-refractivity contribution in [1.82, 2.24) is 5.32 Å². The van der Waals surface area contributed by atoms with Crippen LogP contribution in [0.1, 0.15) is 19.3 Å². The first-order valence-electron chi connectivity index (χ1n) is 6.49. The van der Waals surface area contributed by atoms with Gasteiger partial charge in [-0.25, -0.2) is 0 Å². The summed E-state index contributed by atoms with van der Waals surface area (Å²) in [7, 11) is 1.64. The highest BCUT2D eigenvalue weighted by molar-refractivity contribution is 8.00. The summed E-state index contributed by atoms with van der Waals surface area (Å²) >= 11 is 1.52. The molecule has 3 N–H and O–H groups in total. The molecule has 0 saturated heterocycles. The van der Waals surface area contributed by atoms with E-state index in [-0.39, 0.29) is 30.4 Å². The Hall–Kier alpha value is -0.910. The Morgan fingerprint density at radius 3 is 2.95 bits per heavy atom. The number of carbonyl (C=O) groups excluding carboxylic acids is 1. The molecule has 0 spiro atoms. The normalized spacial score (nSPS) is 21.1. The van der Waals surface area contributed by atoms with Crippen molar-refractivity contribution in [2.75, 3.05) is 12.9 Å². The van der Waals surface area contributed by atoms with Crippen LogP contribution in [0.5, 0.6) is 5.75 Å². The van der Waals surface area contributed by atoms with Gasteiger partial charge in [0, 0.05) is 17.0 Å². The lowest BCUT2D eigenvalue weighted by atomic mass is 10.2. The fraction of sp³-hybridized carbons (Fsp3) is 0.500. The van der Waals surface area contributed by atoms with Crippen LogP contribution < -0.4 is 15.8 Å². The second kappa shape index (κ2) is 8.39. The van der Waals surface area contributed by atoms with Gasteiger partial charge in [0.25, 0.3) is 0 Å². The molecule has 20 heavy (non-hydrogen) atoms. The summed E-state index contributed by atoms with van der Waals surface area (Å²) in [5.74, 6) is 1.32. The highest BCUT2D eigenvalue weighted by Gasteiger charge is 2.22. The van der Waals surface area contributed by atoms with Crippen LogP contribution in [0.3, 0.4) is 0 Å². The van der Waals surface area contributed by atoms with E-state index in [1.54, 1.807) is 7.11 Å². The zero-order chi connectivity index (χ0) is 13.7. The van der Waals surface area contributed by atoms with E-state index in [0.29, 0.717) is 5.75 Å². The van der Waals surface area contributed by atoms with Crippen molar-refractivity contribution in [3.05, 3.63) is 24.3 Å². The van der Waals surface area contributed by atoms with E-state index in [9.17, 15) is 4.79 Å². The molecule has 112 valence electrons. The average Bonchev–Trinajstić information content (AvgIpc) is 2.82. The molecule has 4 nitrogen and oxygen atoms in total. The van der Waals surface area contributed by atoms with E-state index >= 15 is 0 Å². The summed E-state index contributed by atoms with van der Waals surface area (Å²) in [6.07, 6.45) is 2.90. The number of halogens is 1. The van der Waals surface area contributed by atoms with Crippen molar-refractivity contribution in [2.45, 2.75) is 36.2 Å². The van der Waals surface area contributed by atoms with E-state index in [1.165, 1.54) is 11.8 Å². The van der Waals surface area contributed by atoms with E-state index in [1.807, 2.05) is 24.3 Å². The van der Waals surface area contributed by atoms with Crippen LogP contribution in [0, 0.1) is 0 Å². The summed E-state index contributed by atoms with van der Waals surface area (Å²) in [6, 6.07) is 8.24. The SMILES string of the molecule is COc1cccc(SCC(=O)N[C@@H]2CC[C@@H](N)C2)c1.Cl. The summed E-state index contributed by atoms with van der Waals surface area (Å²) in [4.78, 5) is 12.9. The molecule has 2 rings (SSSR count). The topological polar surface area (TPSA) is 64.3 Å². The number of nitrogens with one attached hydrogen (secondary N) is 1. The molecule has 0 bridgehead atoms. The van der Waals surface area contributed by atoms with E-state index in [2.05, 4.69) is 5.32 Å². The maximum Gasteiger partial charge on any atom is 0.230 e. The second-order valence-electron chi connectivity index (χ2n) is 4.81. The number of hydrogen-bond acceptors (Lipinski definition) is 4. The van der Waals surface area contributed by atoms with Crippen LogP contribution in [-0.4, -0.2) is 30.9 Å². The van der Waals surface area contributed by atoms with Crippen molar-refractivity contribution in [2.24, 2.45) is 5.73 Å². The number of nitrogens with two attached hydrogens (primary N) is 1. The molecule has 0 aliphatic heterocycles. The smallest absolute Gasteiger partial charge is 0.230 e. The molecule has 0 unspecified atom stereocenters.